The monoisotopic (exact) mass is 246 g/mol. The van der Waals surface area contributed by atoms with E-state index in [2.05, 4.69) is 10.5 Å². The minimum atomic E-state index is -0.588. The molecule has 102 valence electrons. The fraction of sp³-hybridized carbons (Fsp3) is 0.917. The minimum absolute atomic E-state index is 0.0140. The normalized spacial score (nSPS) is 16.8. The van der Waals surface area contributed by atoms with Gasteiger partial charge in [-0.1, -0.05) is 12.1 Å². The average Bonchev–Trinajstić information content (AvgIpc) is 2.24. The van der Waals surface area contributed by atoms with E-state index in [-0.39, 0.29) is 24.7 Å². The second-order valence-electron chi connectivity index (χ2n) is 5.40. The van der Waals surface area contributed by atoms with Crippen molar-refractivity contribution in [3.8, 4) is 0 Å². The van der Waals surface area contributed by atoms with Crippen molar-refractivity contribution >= 4 is 5.71 Å². The van der Waals surface area contributed by atoms with Gasteiger partial charge in [-0.05, 0) is 27.7 Å². The Morgan fingerprint density at radius 3 is 2.47 bits per heavy atom. The molecule has 0 aliphatic rings. The zero-order valence-corrected chi connectivity index (χ0v) is 11.5. The summed E-state index contributed by atoms with van der Waals surface area (Å²) in [5.74, 6) is -0.0140. The minimum Gasteiger partial charge on any atom is -0.396 e. The Hall–Kier alpha value is -0.650. The Labute approximate surface area is 104 Å². The molecular weight excluding hydrogens is 220 g/mol. The first-order valence-electron chi connectivity index (χ1n) is 5.96. The van der Waals surface area contributed by atoms with Crippen LogP contribution in [0.2, 0.25) is 0 Å². The molecule has 2 unspecified atom stereocenters. The molecule has 0 aromatic heterocycles. The highest BCUT2D eigenvalue weighted by molar-refractivity contribution is 5.83. The predicted molar refractivity (Wildman–Crippen MR) is 69.1 cm³/mol. The van der Waals surface area contributed by atoms with Crippen molar-refractivity contribution in [3.05, 3.63) is 0 Å². The van der Waals surface area contributed by atoms with Crippen LogP contribution >= 0.6 is 0 Å². The zero-order chi connectivity index (χ0) is 13.5. The summed E-state index contributed by atoms with van der Waals surface area (Å²) >= 11 is 0. The Morgan fingerprint density at radius 1 is 1.41 bits per heavy atom. The lowest BCUT2D eigenvalue weighted by molar-refractivity contribution is 0.0363. The lowest BCUT2D eigenvalue weighted by atomic mass is 10.1. The van der Waals surface area contributed by atoms with Gasteiger partial charge in [0.1, 0.15) is 12.7 Å². The third-order valence-electron chi connectivity index (χ3n) is 2.33. The summed E-state index contributed by atoms with van der Waals surface area (Å²) in [4.78, 5) is 5.03. The van der Waals surface area contributed by atoms with Crippen LogP contribution in [0, 0.1) is 5.92 Å². The summed E-state index contributed by atoms with van der Waals surface area (Å²) in [6.45, 7) is 10.4. The van der Waals surface area contributed by atoms with Crippen LogP contribution in [0.5, 0.6) is 0 Å². The van der Waals surface area contributed by atoms with Crippen LogP contribution in [-0.2, 0) is 4.84 Å². The summed E-state index contributed by atoms with van der Waals surface area (Å²) in [5.41, 5.74) is 0.703. The van der Waals surface area contributed by atoms with Crippen molar-refractivity contribution in [1.29, 1.82) is 0 Å². The van der Waals surface area contributed by atoms with Crippen molar-refractivity contribution in [1.82, 2.24) is 5.32 Å². The number of oxime groups is 1. The number of rotatable bonds is 7. The van der Waals surface area contributed by atoms with Crippen molar-refractivity contribution < 1.29 is 15.1 Å². The van der Waals surface area contributed by atoms with Crippen LogP contribution in [0.15, 0.2) is 5.16 Å². The molecule has 0 amide bonds. The van der Waals surface area contributed by atoms with Gasteiger partial charge in [-0.25, -0.2) is 0 Å². The van der Waals surface area contributed by atoms with Crippen molar-refractivity contribution in [3.63, 3.8) is 0 Å². The largest absolute Gasteiger partial charge is 0.396 e. The van der Waals surface area contributed by atoms with Gasteiger partial charge < -0.3 is 20.4 Å². The third kappa shape index (κ3) is 9.09. The molecule has 2 atom stereocenters. The molecule has 0 spiro atoms. The van der Waals surface area contributed by atoms with Crippen LogP contribution in [0.25, 0.3) is 0 Å². The molecule has 5 heteroatoms. The maximum absolute atomic E-state index is 9.62. The number of aliphatic hydroxyl groups excluding tert-OH is 2. The van der Waals surface area contributed by atoms with Crippen molar-refractivity contribution in [2.24, 2.45) is 11.1 Å². The molecule has 3 N–H and O–H groups in total. The standard InChI is InChI=1S/C12H26N2O3/c1-9(7-15)10(2)14-17-8-11(16)6-13-12(3,4)5/h9,11,13,15-16H,6-8H2,1-5H3/b14-10+. The number of aliphatic hydroxyl groups is 2. The maximum atomic E-state index is 9.62. The molecule has 0 rings (SSSR count). The van der Waals surface area contributed by atoms with E-state index < -0.39 is 6.10 Å². The van der Waals surface area contributed by atoms with Gasteiger partial charge in [0.25, 0.3) is 0 Å². The maximum Gasteiger partial charge on any atom is 0.144 e. The average molecular weight is 246 g/mol. The zero-order valence-electron chi connectivity index (χ0n) is 11.5. The van der Waals surface area contributed by atoms with Crippen molar-refractivity contribution in [2.45, 2.75) is 46.3 Å². The second kappa shape index (κ2) is 7.63. The Morgan fingerprint density at radius 2 is 2.00 bits per heavy atom. The Kier molecular flexibility index (Phi) is 7.34. The van der Waals surface area contributed by atoms with Gasteiger partial charge in [-0.2, -0.15) is 0 Å². The molecule has 0 radical (unpaired) electrons. The van der Waals surface area contributed by atoms with E-state index in [9.17, 15) is 5.11 Å². The van der Waals surface area contributed by atoms with Crippen LogP contribution < -0.4 is 5.32 Å². The second-order valence-corrected chi connectivity index (χ2v) is 5.40. The van der Waals surface area contributed by atoms with Crippen molar-refractivity contribution in [2.75, 3.05) is 19.8 Å². The summed E-state index contributed by atoms with van der Waals surface area (Å²) in [6, 6.07) is 0. The van der Waals surface area contributed by atoms with E-state index in [1.165, 1.54) is 0 Å². The quantitative estimate of drug-likeness (QED) is 0.458. The molecule has 0 bridgehead atoms. The molecule has 0 aliphatic carbocycles. The smallest absolute Gasteiger partial charge is 0.144 e. The van der Waals surface area contributed by atoms with Crippen LogP contribution in [0.4, 0.5) is 0 Å². The number of β-amino-alcohol motifs (C(OH)–C–C–N with tert-alkyl or cyclic N) is 1. The lowest BCUT2D eigenvalue weighted by Gasteiger charge is -2.22. The highest BCUT2D eigenvalue weighted by Gasteiger charge is 2.12. The fourth-order valence-electron chi connectivity index (χ4n) is 0.930. The fourth-order valence-corrected chi connectivity index (χ4v) is 0.930. The van der Waals surface area contributed by atoms with E-state index >= 15 is 0 Å². The van der Waals surface area contributed by atoms with E-state index in [0.717, 1.165) is 5.71 Å². The molecule has 0 aromatic rings. The van der Waals surface area contributed by atoms with Crippen LogP contribution in [0.3, 0.4) is 0 Å². The highest BCUT2D eigenvalue weighted by atomic mass is 16.6. The summed E-state index contributed by atoms with van der Waals surface area (Å²) in [5, 5.41) is 25.5. The molecule has 0 fully saturated rings. The summed E-state index contributed by atoms with van der Waals surface area (Å²) < 4.78 is 0. The van der Waals surface area contributed by atoms with Gasteiger partial charge in [0, 0.05) is 18.0 Å². The molecule has 0 saturated heterocycles. The van der Waals surface area contributed by atoms with Gasteiger partial charge in [0.05, 0.1) is 12.3 Å². The highest BCUT2D eigenvalue weighted by Crippen LogP contribution is 2.00. The van der Waals surface area contributed by atoms with Crippen LogP contribution in [0.1, 0.15) is 34.6 Å². The van der Waals surface area contributed by atoms with E-state index in [0.29, 0.717) is 6.54 Å². The van der Waals surface area contributed by atoms with Gasteiger partial charge in [-0.3, -0.25) is 0 Å². The molecule has 0 saturated carbocycles. The van der Waals surface area contributed by atoms with E-state index in [1.807, 2.05) is 27.7 Å². The number of hydrogen-bond donors (Lipinski definition) is 3. The van der Waals surface area contributed by atoms with Gasteiger partial charge >= 0.3 is 0 Å². The molecule has 0 heterocycles. The number of hydrogen-bond acceptors (Lipinski definition) is 5. The molecule has 5 nitrogen and oxygen atoms in total. The molecular formula is C12H26N2O3. The summed E-state index contributed by atoms with van der Waals surface area (Å²) in [6.07, 6.45) is -0.588. The molecule has 0 aliphatic heterocycles. The first-order chi connectivity index (χ1) is 7.76. The number of nitrogens with one attached hydrogen (secondary N) is 1. The van der Waals surface area contributed by atoms with Crippen LogP contribution in [-0.4, -0.2) is 47.3 Å². The Balaban J connectivity index is 3.81. The summed E-state index contributed by atoms with van der Waals surface area (Å²) in [7, 11) is 0. The van der Waals surface area contributed by atoms with Gasteiger partial charge in [0.2, 0.25) is 0 Å². The topological polar surface area (TPSA) is 74.1 Å². The first-order valence-corrected chi connectivity index (χ1v) is 5.96. The van der Waals surface area contributed by atoms with E-state index in [1.54, 1.807) is 6.92 Å². The Bertz CT molecular complexity index is 236. The number of nitrogens with zero attached hydrogens (tertiary/aromatic N) is 1. The first kappa shape index (κ1) is 16.4. The van der Waals surface area contributed by atoms with Gasteiger partial charge in [0.15, 0.2) is 0 Å². The lowest BCUT2D eigenvalue weighted by Crippen LogP contribution is -2.42. The van der Waals surface area contributed by atoms with E-state index in [4.69, 9.17) is 9.94 Å². The predicted octanol–water partition coefficient (Wildman–Crippen LogP) is 0.756. The molecule has 0 aromatic carbocycles. The third-order valence-corrected chi connectivity index (χ3v) is 2.33. The SMILES string of the molecule is C/C(=N\OCC(O)CNC(C)(C)C)C(C)CO. The molecule has 17 heavy (non-hydrogen) atoms. The van der Waals surface area contributed by atoms with Gasteiger partial charge in [-0.15, -0.1) is 0 Å².